The van der Waals surface area contributed by atoms with Gasteiger partial charge in [-0.3, -0.25) is 9.59 Å². The highest BCUT2D eigenvalue weighted by Crippen LogP contribution is 2.27. The van der Waals surface area contributed by atoms with Gasteiger partial charge >= 0.3 is 5.97 Å². The molecule has 1 aromatic carbocycles. The lowest BCUT2D eigenvalue weighted by Crippen LogP contribution is -2.38. The zero-order valence-corrected chi connectivity index (χ0v) is 13.1. The van der Waals surface area contributed by atoms with E-state index in [2.05, 4.69) is 0 Å². The van der Waals surface area contributed by atoms with Gasteiger partial charge in [0.15, 0.2) is 5.78 Å². The molecular formula is C15H20O4S. The molecule has 0 fully saturated rings. The van der Waals surface area contributed by atoms with E-state index in [4.69, 9.17) is 9.47 Å². The van der Waals surface area contributed by atoms with Crippen LogP contribution in [0.15, 0.2) is 29.2 Å². The number of esters is 1. The Labute approximate surface area is 123 Å². The smallest absolute Gasteiger partial charge is 0.319 e. The van der Waals surface area contributed by atoms with Crippen molar-refractivity contribution in [3.8, 4) is 5.75 Å². The van der Waals surface area contributed by atoms with E-state index < -0.39 is 11.4 Å². The van der Waals surface area contributed by atoms with Gasteiger partial charge in [-0.25, -0.2) is 0 Å². The average molecular weight is 296 g/mol. The van der Waals surface area contributed by atoms with E-state index in [1.54, 1.807) is 38.6 Å². The van der Waals surface area contributed by atoms with Crippen molar-refractivity contribution in [1.29, 1.82) is 0 Å². The molecule has 0 amide bonds. The van der Waals surface area contributed by atoms with Crippen molar-refractivity contribution in [2.75, 3.05) is 19.5 Å². The van der Waals surface area contributed by atoms with Crippen LogP contribution in [0.3, 0.4) is 0 Å². The van der Waals surface area contributed by atoms with E-state index in [-0.39, 0.29) is 19.0 Å². The molecule has 1 rings (SSSR count). The molecule has 110 valence electrons. The number of carbonyl (C=O) groups excluding carboxylic acids is 2. The van der Waals surface area contributed by atoms with Crippen molar-refractivity contribution in [2.24, 2.45) is 5.41 Å². The normalized spacial score (nSPS) is 11.0. The summed E-state index contributed by atoms with van der Waals surface area (Å²) in [6, 6.07) is 7.47. The molecule has 0 aliphatic carbocycles. The van der Waals surface area contributed by atoms with Gasteiger partial charge in [-0.2, -0.15) is 0 Å². The molecule has 0 N–H and O–H groups in total. The molecular weight excluding hydrogens is 276 g/mol. The highest BCUT2D eigenvalue weighted by molar-refractivity contribution is 7.98. The van der Waals surface area contributed by atoms with Gasteiger partial charge in [0, 0.05) is 4.90 Å². The minimum absolute atomic E-state index is 0.149. The predicted octanol–water partition coefficient (Wildman–Crippen LogP) is 2.95. The number of ether oxygens (including phenoxy) is 2. The summed E-state index contributed by atoms with van der Waals surface area (Å²) in [5.41, 5.74) is -1.19. The van der Waals surface area contributed by atoms with Crippen LogP contribution in [0, 0.1) is 5.41 Å². The summed E-state index contributed by atoms with van der Waals surface area (Å²) in [5.74, 6) is -0.174. The maximum absolute atomic E-state index is 12.1. The zero-order valence-electron chi connectivity index (χ0n) is 12.3. The average Bonchev–Trinajstić information content (AvgIpc) is 2.45. The monoisotopic (exact) mass is 296 g/mol. The van der Waals surface area contributed by atoms with Gasteiger partial charge in [0.25, 0.3) is 0 Å². The topological polar surface area (TPSA) is 52.6 Å². The van der Waals surface area contributed by atoms with Gasteiger partial charge in [0.05, 0.1) is 6.61 Å². The highest BCUT2D eigenvalue weighted by atomic mass is 32.2. The second-order valence-electron chi connectivity index (χ2n) is 4.71. The second-order valence-corrected chi connectivity index (χ2v) is 5.56. The standard InChI is InChI=1S/C15H20O4S/c1-5-18-14(17)15(2,3)13(16)10-19-11-8-6-7-9-12(11)20-4/h6-9H,5,10H2,1-4H3. The molecule has 0 aliphatic rings. The Bertz CT molecular complexity index is 483. The van der Waals surface area contributed by atoms with Gasteiger partial charge in [-0.05, 0) is 39.2 Å². The molecule has 4 nitrogen and oxygen atoms in total. The first-order valence-electron chi connectivity index (χ1n) is 6.39. The summed E-state index contributed by atoms with van der Waals surface area (Å²) < 4.78 is 10.4. The van der Waals surface area contributed by atoms with Crippen LogP contribution in [-0.4, -0.2) is 31.2 Å². The van der Waals surface area contributed by atoms with E-state index >= 15 is 0 Å². The SMILES string of the molecule is CCOC(=O)C(C)(C)C(=O)COc1ccccc1SC. The Hall–Kier alpha value is -1.49. The minimum atomic E-state index is -1.19. The fourth-order valence-corrected chi connectivity index (χ4v) is 2.03. The third kappa shape index (κ3) is 4.00. The van der Waals surface area contributed by atoms with Crippen LogP contribution in [0.2, 0.25) is 0 Å². The number of benzene rings is 1. The number of hydrogen-bond donors (Lipinski definition) is 0. The summed E-state index contributed by atoms with van der Waals surface area (Å²) >= 11 is 1.54. The van der Waals surface area contributed by atoms with Crippen molar-refractivity contribution >= 4 is 23.5 Å². The molecule has 0 heterocycles. The second kappa shape index (κ2) is 7.33. The molecule has 5 heteroatoms. The maximum Gasteiger partial charge on any atom is 0.319 e. The van der Waals surface area contributed by atoms with Crippen LogP contribution in [0.25, 0.3) is 0 Å². The molecule has 0 aromatic heterocycles. The van der Waals surface area contributed by atoms with Crippen LogP contribution in [0.4, 0.5) is 0 Å². The number of ketones is 1. The Morgan fingerprint density at radius 3 is 2.50 bits per heavy atom. The first kappa shape index (κ1) is 16.6. The zero-order chi connectivity index (χ0) is 15.2. The largest absolute Gasteiger partial charge is 0.485 e. The maximum atomic E-state index is 12.1. The molecule has 20 heavy (non-hydrogen) atoms. The fraction of sp³-hybridized carbons (Fsp3) is 0.467. The molecule has 0 unspecified atom stereocenters. The fourth-order valence-electron chi connectivity index (χ4n) is 1.49. The Morgan fingerprint density at radius 1 is 1.25 bits per heavy atom. The van der Waals surface area contributed by atoms with Crippen LogP contribution in [0.1, 0.15) is 20.8 Å². The number of thioether (sulfide) groups is 1. The number of carbonyl (C=O) groups is 2. The quantitative estimate of drug-likeness (QED) is 0.440. The molecule has 0 spiro atoms. The first-order chi connectivity index (χ1) is 9.43. The Balaban J connectivity index is 2.69. The van der Waals surface area contributed by atoms with Crippen LogP contribution in [0.5, 0.6) is 5.75 Å². The van der Waals surface area contributed by atoms with Crippen molar-refractivity contribution in [3.63, 3.8) is 0 Å². The lowest BCUT2D eigenvalue weighted by Gasteiger charge is -2.21. The molecule has 0 atom stereocenters. The number of hydrogen-bond acceptors (Lipinski definition) is 5. The van der Waals surface area contributed by atoms with Gasteiger partial charge < -0.3 is 9.47 Å². The molecule has 0 radical (unpaired) electrons. The third-order valence-electron chi connectivity index (χ3n) is 2.91. The summed E-state index contributed by atoms with van der Waals surface area (Å²) in [5, 5.41) is 0. The van der Waals surface area contributed by atoms with Crippen LogP contribution < -0.4 is 4.74 Å². The van der Waals surface area contributed by atoms with Gasteiger partial charge in [-0.15, -0.1) is 11.8 Å². The number of rotatable bonds is 7. The molecule has 0 saturated carbocycles. The Kier molecular flexibility index (Phi) is 6.07. The van der Waals surface area contributed by atoms with E-state index in [1.807, 2.05) is 24.5 Å². The molecule has 0 aliphatic heterocycles. The highest BCUT2D eigenvalue weighted by Gasteiger charge is 2.37. The number of Topliss-reactive ketones (excluding diaryl/α,β-unsaturated/α-hetero) is 1. The third-order valence-corrected chi connectivity index (χ3v) is 3.69. The lowest BCUT2D eigenvalue weighted by molar-refractivity contribution is -0.158. The predicted molar refractivity (Wildman–Crippen MR) is 79.1 cm³/mol. The Morgan fingerprint density at radius 2 is 1.90 bits per heavy atom. The van der Waals surface area contributed by atoms with Crippen LogP contribution >= 0.6 is 11.8 Å². The van der Waals surface area contributed by atoms with Gasteiger partial charge in [0.2, 0.25) is 0 Å². The summed E-state index contributed by atoms with van der Waals surface area (Å²) in [4.78, 5) is 24.8. The number of para-hydroxylation sites is 1. The first-order valence-corrected chi connectivity index (χ1v) is 7.62. The van der Waals surface area contributed by atoms with Crippen molar-refractivity contribution in [2.45, 2.75) is 25.7 Å². The van der Waals surface area contributed by atoms with Crippen molar-refractivity contribution in [1.82, 2.24) is 0 Å². The van der Waals surface area contributed by atoms with Gasteiger partial charge in [0.1, 0.15) is 17.8 Å². The van der Waals surface area contributed by atoms with E-state index in [0.29, 0.717) is 5.75 Å². The van der Waals surface area contributed by atoms with Crippen molar-refractivity contribution < 1.29 is 19.1 Å². The molecule has 1 aromatic rings. The summed E-state index contributed by atoms with van der Waals surface area (Å²) in [6.45, 7) is 4.92. The van der Waals surface area contributed by atoms with Crippen LogP contribution in [-0.2, 0) is 14.3 Å². The summed E-state index contributed by atoms with van der Waals surface area (Å²) in [6.07, 6.45) is 1.94. The van der Waals surface area contributed by atoms with Gasteiger partial charge in [-0.1, -0.05) is 12.1 Å². The molecule has 0 bridgehead atoms. The van der Waals surface area contributed by atoms with E-state index in [0.717, 1.165) is 4.90 Å². The van der Waals surface area contributed by atoms with E-state index in [1.165, 1.54) is 0 Å². The van der Waals surface area contributed by atoms with E-state index in [9.17, 15) is 9.59 Å². The summed E-state index contributed by atoms with van der Waals surface area (Å²) in [7, 11) is 0. The molecule has 0 saturated heterocycles. The lowest BCUT2D eigenvalue weighted by atomic mass is 9.88. The van der Waals surface area contributed by atoms with Crippen molar-refractivity contribution in [3.05, 3.63) is 24.3 Å². The minimum Gasteiger partial charge on any atom is -0.485 e.